The first-order chi connectivity index (χ1) is 18.1. The lowest BCUT2D eigenvalue weighted by Crippen LogP contribution is -2.29. The summed E-state index contributed by atoms with van der Waals surface area (Å²) in [7, 11) is 1.58. The van der Waals surface area contributed by atoms with E-state index in [-0.39, 0.29) is 12.5 Å². The van der Waals surface area contributed by atoms with Crippen molar-refractivity contribution in [2.45, 2.75) is 52.7 Å². The van der Waals surface area contributed by atoms with Gasteiger partial charge in [-0.3, -0.25) is 9.78 Å². The minimum Gasteiger partial charge on any atom is -0.493 e. The lowest BCUT2D eigenvalue weighted by Gasteiger charge is -2.29. The average Bonchev–Trinajstić information content (AvgIpc) is 3.30. The van der Waals surface area contributed by atoms with E-state index in [1.807, 2.05) is 52.0 Å². The van der Waals surface area contributed by atoms with Crippen LogP contribution in [0.5, 0.6) is 5.75 Å². The summed E-state index contributed by atoms with van der Waals surface area (Å²) in [4.78, 5) is 35.4. The maximum absolute atomic E-state index is 13.4. The molecule has 0 bridgehead atoms. The normalized spacial score (nSPS) is 13.8. The fourth-order valence-corrected chi connectivity index (χ4v) is 5.98. The van der Waals surface area contributed by atoms with Gasteiger partial charge in [-0.25, -0.2) is 9.78 Å². The Balaban J connectivity index is 1.89. The van der Waals surface area contributed by atoms with Gasteiger partial charge in [0.2, 0.25) is 0 Å². The number of esters is 1. The summed E-state index contributed by atoms with van der Waals surface area (Å²) in [5.74, 6) is 0.0423. The first-order valence-electron chi connectivity index (χ1n) is 12.7. The van der Waals surface area contributed by atoms with Crippen LogP contribution in [0.1, 0.15) is 60.3 Å². The second-order valence-corrected chi connectivity index (χ2v) is 11.2. The van der Waals surface area contributed by atoms with Gasteiger partial charge in [0, 0.05) is 41.7 Å². The molecule has 4 aromatic rings. The lowest BCUT2D eigenvalue weighted by atomic mass is 9.89. The van der Waals surface area contributed by atoms with Crippen LogP contribution < -0.4 is 10.1 Å². The Bertz CT molecular complexity index is 1560. The zero-order valence-corrected chi connectivity index (χ0v) is 23.2. The van der Waals surface area contributed by atoms with Crippen LogP contribution in [0.25, 0.3) is 32.2 Å². The van der Waals surface area contributed by atoms with Gasteiger partial charge in [-0.05, 0) is 70.0 Å². The van der Waals surface area contributed by atoms with E-state index in [4.69, 9.17) is 19.2 Å². The standard InChI is InChI=1S/C29H31N3O5S/c1-7-35-28(34)24(37-29(3,4)5)20-15(2)14-18-25(38-27(32-18)26(33)30-6)22(20)17-8-9-19-21-16(11-13-36-19)10-12-31-23(17)21/h8-10,12,14,24H,7,11,13H2,1-6H3,(H,30,33). The predicted octanol–water partition coefficient (Wildman–Crippen LogP) is 5.53. The monoisotopic (exact) mass is 533 g/mol. The van der Waals surface area contributed by atoms with E-state index < -0.39 is 17.7 Å². The van der Waals surface area contributed by atoms with Crippen molar-refractivity contribution in [2.24, 2.45) is 0 Å². The maximum atomic E-state index is 13.4. The third-order valence-electron chi connectivity index (χ3n) is 6.42. The summed E-state index contributed by atoms with van der Waals surface area (Å²) in [5.41, 5.74) is 5.02. The van der Waals surface area contributed by atoms with E-state index >= 15 is 0 Å². The molecule has 1 N–H and O–H groups in total. The highest BCUT2D eigenvalue weighted by molar-refractivity contribution is 7.20. The van der Waals surface area contributed by atoms with E-state index in [0.717, 1.165) is 50.0 Å². The molecule has 5 rings (SSSR count). The molecule has 1 unspecified atom stereocenters. The molecule has 3 heterocycles. The van der Waals surface area contributed by atoms with Crippen LogP contribution in [0.2, 0.25) is 0 Å². The number of pyridine rings is 1. The number of aryl methyl sites for hydroxylation is 1. The fourth-order valence-electron chi connectivity index (χ4n) is 4.92. The van der Waals surface area contributed by atoms with E-state index in [2.05, 4.69) is 10.3 Å². The zero-order chi connectivity index (χ0) is 27.2. The fraction of sp³-hybridized carbons (Fsp3) is 0.379. The van der Waals surface area contributed by atoms with Gasteiger partial charge < -0.3 is 19.5 Å². The van der Waals surface area contributed by atoms with Gasteiger partial charge in [0.15, 0.2) is 11.1 Å². The zero-order valence-electron chi connectivity index (χ0n) is 22.4. The van der Waals surface area contributed by atoms with E-state index in [1.54, 1.807) is 20.2 Å². The smallest absolute Gasteiger partial charge is 0.339 e. The summed E-state index contributed by atoms with van der Waals surface area (Å²) < 4.78 is 18.6. The number of carbonyl (C=O) groups excluding carboxylic acids is 2. The Morgan fingerprint density at radius 2 is 2.03 bits per heavy atom. The molecule has 1 aliphatic rings. The second-order valence-electron chi connectivity index (χ2n) is 10.2. The van der Waals surface area contributed by atoms with Crippen LogP contribution in [0, 0.1) is 6.92 Å². The number of ether oxygens (including phenoxy) is 3. The number of nitrogens with zero attached hydrogens (tertiary/aromatic N) is 2. The van der Waals surface area contributed by atoms with Gasteiger partial charge in [0.05, 0.1) is 34.5 Å². The largest absolute Gasteiger partial charge is 0.493 e. The number of fused-ring (bicyclic) bond motifs is 1. The Morgan fingerprint density at radius 1 is 1.24 bits per heavy atom. The van der Waals surface area contributed by atoms with Crippen molar-refractivity contribution in [1.29, 1.82) is 0 Å². The van der Waals surface area contributed by atoms with Crippen molar-refractivity contribution in [2.75, 3.05) is 20.3 Å². The van der Waals surface area contributed by atoms with Crippen LogP contribution in [0.15, 0.2) is 30.5 Å². The highest BCUT2D eigenvalue weighted by atomic mass is 32.1. The molecule has 0 aliphatic carbocycles. The topological polar surface area (TPSA) is 99.6 Å². The van der Waals surface area contributed by atoms with E-state index in [1.165, 1.54) is 11.3 Å². The van der Waals surface area contributed by atoms with Crippen LogP contribution in [0.3, 0.4) is 0 Å². The van der Waals surface area contributed by atoms with Gasteiger partial charge in [-0.2, -0.15) is 0 Å². The van der Waals surface area contributed by atoms with Crippen molar-refractivity contribution in [1.82, 2.24) is 15.3 Å². The summed E-state index contributed by atoms with van der Waals surface area (Å²) in [6.07, 6.45) is 1.59. The van der Waals surface area contributed by atoms with Crippen molar-refractivity contribution in [3.8, 4) is 16.9 Å². The molecular weight excluding hydrogens is 502 g/mol. The minimum atomic E-state index is -0.998. The Kier molecular flexibility index (Phi) is 6.83. The molecule has 0 spiro atoms. The first-order valence-corrected chi connectivity index (χ1v) is 13.5. The third-order valence-corrected chi connectivity index (χ3v) is 7.51. The average molecular weight is 534 g/mol. The molecule has 0 saturated heterocycles. The SMILES string of the molecule is CCOC(=O)C(OC(C)(C)C)c1c(C)cc2nc(C(=O)NC)sc2c1-c1ccc2c3c(ccnc13)CCO2. The quantitative estimate of drug-likeness (QED) is 0.325. The maximum Gasteiger partial charge on any atom is 0.339 e. The molecule has 8 nitrogen and oxygen atoms in total. The molecule has 0 fully saturated rings. The molecule has 1 amide bonds. The first kappa shape index (κ1) is 26.1. The molecule has 38 heavy (non-hydrogen) atoms. The number of carbonyl (C=O) groups is 2. The molecule has 2 aromatic heterocycles. The van der Waals surface area contributed by atoms with Crippen LogP contribution in [-0.4, -0.2) is 47.7 Å². The van der Waals surface area contributed by atoms with E-state index in [9.17, 15) is 9.59 Å². The number of hydrogen-bond acceptors (Lipinski definition) is 8. The number of benzene rings is 2. The molecule has 1 atom stereocenters. The number of rotatable bonds is 6. The van der Waals surface area contributed by atoms with Crippen molar-refractivity contribution in [3.63, 3.8) is 0 Å². The second kappa shape index (κ2) is 9.96. The van der Waals surface area contributed by atoms with Crippen LogP contribution in [0.4, 0.5) is 0 Å². The molecule has 0 saturated carbocycles. The molecule has 9 heteroatoms. The summed E-state index contributed by atoms with van der Waals surface area (Å²) in [6.45, 7) is 10.3. The Morgan fingerprint density at radius 3 is 2.74 bits per heavy atom. The van der Waals surface area contributed by atoms with Gasteiger partial charge in [-0.1, -0.05) is 0 Å². The predicted molar refractivity (Wildman–Crippen MR) is 148 cm³/mol. The van der Waals surface area contributed by atoms with Gasteiger partial charge in [0.25, 0.3) is 5.91 Å². The number of aromatic nitrogens is 2. The summed E-state index contributed by atoms with van der Waals surface area (Å²) in [5, 5.41) is 3.95. The minimum absolute atomic E-state index is 0.223. The number of amides is 1. The molecule has 198 valence electrons. The highest BCUT2D eigenvalue weighted by Gasteiger charge is 2.34. The highest BCUT2D eigenvalue weighted by Crippen LogP contribution is 2.46. The van der Waals surface area contributed by atoms with Crippen molar-refractivity contribution >= 4 is 44.3 Å². The third kappa shape index (κ3) is 4.61. The number of hydrogen-bond donors (Lipinski definition) is 1. The molecule has 2 aromatic carbocycles. The lowest BCUT2D eigenvalue weighted by molar-refractivity contribution is -0.166. The van der Waals surface area contributed by atoms with Crippen molar-refractivity contribution < 1.29 is 23.8 Å². The van der Waals surface area contributed by atoms with Gasteiger partial charge >= 0.3 is 5.97 Å². The summed E-state index contributed by atoms with van der Waals surface area (Å²) >= 11 is 1.28. The van der Waals surface area contributed by atoms with E-state index in [0.29, 0.717) is 22.7 Å². The summed E-state index contributed by atoms with van der Waals surface area (Å²) in [6, 6.07) is 7.84. The number of nitrogens with one attached hydrogen (secondary N) is 1. The molecule has 0 radical (unpaired) electrons. The van der Waals surface area contributed by atoms with Crippen molar-refractivity contribution in [3.05, 3.63) is 52.2 Å². The number of thiazole rings is 1. The Labute approximate surface area is 225 Å². The van der Waals surface area contributed by atoms with Crippen LogP contribution in [-0.2, 0) is 20.7 Å². The van der Waals surface area contributed by atoms with Crippen LogP contribution >= 0.6 is 11.3 Å². The molecular formula is C29H31N3O5S. The van der Waals surface area contributed by atoms with Gasteiger partial charge in [0.1, 0.15) is 5.75 Å². The Hall–Kier alpha value is -3.56. The van der Waals surface area contributed by atoms with Gasteiger partial charge in [-0.15, -0.1) is 11.3 Å². The molecule has 1 aliphatic heterocycles.